The number of rotatable bonds is 5. The maximum absolute atomic E-state index is 14.1. The van der Waals surface area contributed by atoms with E-state index in [1.165, 1.54) is 16.6 Å². The Kier molecular flexibility index (Phi) is 8.18. The predicted octanol–water partition coefficient (Wildman–Crippen LogP) is 3.65. The van der Waals surface area contributed by atoms with Gasteiger partial charge in [-0.05, 0) is 56.7 Å². The van der Waals surface area contributed by atoms with Gasteiger partial charge in [-0.1, -0.05) is 19.9 Å². The highest BCUT2D eigenvalue weighted by atomic mass is 32.2. The number of H-pyrrole nitrogens is 1. The van der Waals surface area contributed by atoms with Crippen molar-refractivity contribution < 1.29 is 17.6 Å². The summed E-state index contributed by atoms with van der Waals surface area (Å²) in [6.07, 6.45) is 5.90. The Morgan fingerprint density at radius 1 is 1.24 bits per heavy atom. The maximum Gasteiger partial charge on any atom is 0.267 e. The molecule has 0 unspecified atom stereocenters. The van der Waals surface area contributed by atoms with Crippen LogP contribution < -0.4 is 5.32 Å². The minimum absolute atomic E-state index is 0.00875. The van der Waals surface area contributed by atoms with Crippen molar-refractivity contribution in [3.05, 3.63) is 35.3 Å². The quantitative estimate of drug-likeness (QED) is 0.684. The number of aryl methyl sites for hydroxylation is 1. The van der Waals surface area contributed by atoms with Crippen LogP contribution in [0.15, 0.2) is 18.2 Å². The number of carbonyl (C=O) groups is 1. The van der Waals surface area contributed by atoms with Crippen molar-refractivity contribution in [2.45, 2.75) is 71.0 Å². The molecule has 0 spiro atoms. The molecule has 0 bridgehead atoms. The standard InChI is InChI=1S/C22H31FN4O3S.C2H6/c1-14-7-8-19(23)18-12-20(25-21(14)18)22(28)24-15-5-4-6-16(11-15)27-10-9-17(13-27)26(2)31(3,29)30;1-2/h7-8,12,15-17,25H,4-6,9-11,13H2,1-3H3,(H,24,28);1-2H3/t15-,16+,17-;/m1./s1. The molecule has 1 saturated carbocycles. The molecule has 2 aromatic rings. The number of fused-ring (bicyclic) bond motifs is 1. The summed E-state index contributed by atoms with van der Waals surface area (Å²) in [6.45, 7) is 7.49. The Morgan fingerprint density at radius 3 is 2.64 bits per heavy atom. The highest BCUT2D eigenvalue weighted by Crippen LogP contribution is 2.28. The van der Waals surface area contributed by atoms with Gasteiger partial charge in [-0.2, -0.15) is 0 Å². The van der Waals surface area contributed by atoms with E-state index in [-0.39, 0.29) is 23.8 Å². The fourth-order valence-electron chi connectivity index (χ4n) is 5.00. The average molecular weight is 481 g/mol. The lowest BCUT2D eigenvalue weighted by molar-refractivity contribution is 0.0898. The zero-order chi connectivity index (χ0) is 24.3. The van der Waals surface area contributed by atoms with Gasteiger partial charge in [0.15, 0.2) is 0 Å². The van der Waals surface area contributed by atoms with Gasteiger partial charge in [0, 0.05) is 43.6 Å². The second kappa shape index (κ2) is 10.5. The number of aromatic amines is 1. The van der Waals surface area contributed by atoms with E-state index >= 15 is 0 Å². The van der Waals surface area contributed by atoms with Gasteiger partial charge in [-0.25, -0.2) is 17.1 Å². The molecule has 1 aliphatic heterocycles. The molecule has 1 saturated heterocycles. The van der Waals surface area contributed by atoms with Crippen molar-refractivity contribution in [2.75, 3.05) is 26.4 Å². The zero-order valence-corrected chi connectivity index (χ0v) is 21.1. The van der Waals surface area contributed by atoms with E-state index in [2.05, 4.69) is 15.2 Å². The first-order chi connectivity index (χ1) is 15.6. The van der Waals surface area contributed by atoms with Gasteiger partial charge in [0.05, 0.1) is 11.8 Å². The smallest absolute Gasteiger partial charge is 0.267 e. The van der Waals surface area contributed by atoms with Crippen LogP contribution in [-0.4, -0.2) is 73.0 Å². The lowest BCUT2D eigenvalue weighted by Gasteiger charge is -2.36. The molecule has 0 radical (unpaired) electrons. The topological polar surface area (TPSA) is 85.5 Å². The van der Waals surface area contributed by atoms with Gasteiger partial charge in [0.25, 0.3) is 5.91 Å². The largest absolute Gasteiger partial charge is 0.350 e. The predicted molar refractivity (Wildman–Crippen MR) is 130 cm³/mol. The first kappa shape index (κ1) is 25.6. The van der Waals surface area contributed by atoms with Crippen LogP contribution in [0.5, 0.6) is 0 Å². The molecular formula is C24H37FN4O3S. The molecule has 7 nitrogen and oxygen atoms in total. The number of hydrogen-bond donors (Lipinski definition) is 2. The molecule has 184 valence electrons. The van der Waals surface area contributed by atoms with Crippen molar-refractivity contribution in [2.24, 2.45) is 0 Å². The molecule has 2 N–H and O–H groups in total. The summed E-state index contributed by atoms with van der Waals surface area (Å²) >= 11 is 0. The Morgan fingerprint density at radius 2 is 1.97 bits per heavy atom. The fraction of sp³-hybridized carbons (Fsp3) is 0.625. The molecule has 1 amide bonds. The Balaban J connectivity index is 0.00000149. The van der Waals surface area contributed by atoms with E-state index in [9.17, 15) is 17.6 Å². The summed E-state index contributed by atoms with van der Waals surface area (Å²) in [4.78, 5) is 18.3. The Labute approximate surface area is 196 Å². The molecule has 1 aliphatic carbocycles. The molecule has 1 aromatic carbocycles. The lowest BCUT2D eigenvalue weighted by Crippen LogP contribution is -2.46. The number of nitrogens with one attached hydrogen (secondary N) is 2. The molecular weight excluding hydrogens is 443 g/mol. The minimum atomic E-state index is -3.20. The number of hydrogen-bond acceptors (Lipinski definition) is 4. The van der Waals surface area contributed by atoms with Crippen LogP contribution in [0, 0.1) is 12.7 Å². The third-order valence-corrected chi connectivity index (χ3v) is 8.27. The summed E-state index contributed by atoms with van der Waals surface area (Å²) in [5.74, 6) is -0.548. The van der Waals surface area contributed by atoms with Gasteiger partial charge in [0.1, 0.15) is 11.5 Å². The second-order valence-corrected chi connectivity index (χ2v) is 11.1. The number of amides is 1. The molecule has 2 aliphatic rings. The molecule has 33 heavy (non-hydrogen) atoms. The normalized spacial score (nSPS) is 24.0. The molecule has 9 heteroatoms. The first-order valence-corrected chi connectivity index (χ1v) is 13.7. The number of nitrogens with zero attached hydrogens (tertiary/aromatic N) is 2. The average Bonchev–Trinajstić information content (AvgIpc) is 3.45. The number of sulfonamides is 1. The second-order valence-electron chi connectivity index (χ2n) is 9.04. The number of halogens is 1. The van der Waals surface area contributed by atoms with E-state index in [1.54, 1.807) is 19.2 Å². The van der Waals surface area contributed by atoms with E-state index < -0.39 is 10.0 Å². The summed E-state index contributed by atoms with van der Waals surface area (Å²) < 4.78 is 39.3. The van der Waals surface area contributed by atoms with E-state index in [0.29, 0.717) is 22.6 Å². The Hall–Kier alpha value is -1.97. The number of carbonyl (C=O) groups excluding carboxylic acids is 1. The molecule has 3 atom stereocenters. The maximum atomic E-state index is 14.1. The summed E-state index contributed by atoms with van der Waals surface area (Å²) in [7, 11) is -1.54. The number of benzene rings is 1. The van der Waals surface area contributed by atoms with Gasteiger partial charge >= 0.3 is 0 Å². The molecule has 2 fully saturated rings. The minimum Gasteiger partial charge on any atom is -0.350 e. The number of likely N-dealkylation sites (N-methyl/N-ethyl adjacent to an activating group) is 1. The summed E-state index contributed by atoms with van der Waals surface area (Å²) in [6, 6.07) is 5.10. The summed E-state index contributed by atoms with van der Waals surface area (Å²) in [5, 5.41) is 3.56. The van der Waals surface area contributed by atoms with E-state index in [1.807, 2.05) is 20.8 Å². The van der Waals surface area contributed by atoms with Crippen LogP contribution in [0.1, 0.15) is 62.0 Å². The van der Waals surface area contributed by atoms with Crippen molar-refractivity contribution in [1.29, 1.82) is 0 Å². The van der Waals surface area contributed by atoms with Crippen LogP contribution in [0.3, 0.4) is 0 Å². The highest BCUT2D eigenvalue weighted by molar-refractivity contribution is 7.88. The fourth-order valence-corrected chi connectivity index (χ4v) is 5.72. The van der Waals surface area contributed by atoms with Crippen LogP contribution >= 0.6 is 0 Å². The van der Waals surface area contributed by atoms with Gasteiger partial charge in [-0.15, -0.1) is 0 Å². The van der Waals surface area contributed by atoms with Crippen molar-refractivity contribution in [3.8, 4) is 0 Å². The zero-order valence-electron chi connectivity index (χ0n) is 20.3. The van der Waals surface area contributed by atoms with E-state index in [4.69, 9.17) is 0 Å². The van der Waals surface area contributed by atoms with Crippen molar-refractivity contribution >= 4 is 26.8 Å². The third-order valence-electron chi connectivity index (χ3n) is 6.92. The molecule has 4 rings (SSSR count). The van der Waals surface area contributed by atoms with Crippen LogP contribution in [0.4, 0.5) is 4.39 Å². The van der Waals surface area contributed by atoms with Gasteiger partial charge in [0.2, 0.25) is 10.0 Å². The molecule has 2 heterocycles. The number of aromatic nitrogens is 1. The highest BCUT2D eigenvalue weighted by Gasteiger charge is 2.35. The summed E-state index contributed by atoms with van der Waals surface area (Å²) in [5.41, 5.74) is 1.93. The van der Waals surface area contributed by atoms with Crippen LogP contribution in [0.2, 0.25) is 0 Å². The van der Waals surface area contributed by atoms with E-state index in [0.717, 1.165) is 50.8 Å². The Bertz CT molecular complexity index is 1050. The van der Waals surface area contributed by atoms with Gasteiger partial charge < -0.3 is 10.3 Å². The lowest BCUT2D eigenvalue weighted by atomic mass is 9.90. The SMILES string of the molecule is CC.Cc1ccc(F)c2cc(C(=O)N[C@@H]3CCC[C@H](N4CC[C@@H](N(C)S(C)(=O)=O)C4)C3)[nH]c12. The van der Waals surface area contributed by atoms with Crippen LogP contribution in [-0.2, 0) is 10.0 Å². The van der Waals surface area contributed by atoms with Crippen molar-refractivity contribution in [3.63, 3.8) is 0 Å². The first-order valence-electron chi connectivity index (χ1n) is 11.9. The molecule has 1 aromatic heterocycles. The number of likely N-dealkylation sites (tertiary alicyclic amines) is 1. The van der Waals surface area contributed by atoms with Crippen molar-refractivity contribution in [1.82, 2.24) is 19.5 Å². The van der Waals surface area contributed by atoms with Gasteiger partial charge in [-0.3, -0.25) is 9.69 Å². The monoisotopic (exact) mass is 480 g/mol. The third kappa shape index (κ3) is 5.75. The van der Waals surface area contributed by atoms with Crippen LogP contribution in [0.25, 0.3) is 10.9 Å².